The van der Waals surface area contributed by atoms with E-state index in [-0.39, 0.29) is 11.8 Å². The van der Waals surface area contributed by atoms with Gasteiger partial charge in [-0.2, -0.15) is 4.98 Å². The number of anilines is 6. The van der Waals surface area contributed by atoms with Gasteiger partial charge in [0.1, 0.15) is 17.9 Å². The van der Waals surface area contributed by atoms with Gasteiger partial charge in [-0.15, -0.1) is 0 Å². The number of nitrogens with one attached hydrogen (secondary N) is 2. The molecule has 1 heterocycles. The Morgan fingerprint density at radius 2 is 1.77 bits per heavy atom. The van der Waals surface area contributed by atoms with Crippen LogP contribution in [-0.2, 0) is 0 Å². The molecule has 0 radical (unpaired) electrons. The minimum atomic E-state index is -0.353. The zero-order chi connectivity index (χ0) is 22.4. The molecule has 2 aromatic carbocycles. The highest BCUT2D eigenvalue weighted by Gasteiger charge is 2.14. The van der Waals surface area contributed by atoms with Gasteiger partial charge in [-0.1, -0.05) is 6.07 Å². The fourth-order valence-electron chi connectivity index (χ4n) is 2.89. The number of methoxy groups -OCH3 is 1. The lowest BCUT2D eigenvalue weighted by Crippen LogP contribution is -2.29. The number of aromatic nitrogens is 3. The SMILES string of the molecule is COc1cc(N(C)CCN(C)C)c(N)cc1Nc1ncnc(Nc2cccc(F)c2)n1. The van der Waals surface area contributed by atoms with E-state index in [2.05, 4.69) is 35.4 Å². The fraction of sp³-hybridized carbons (Fsp3) is 0.286. The van der Waals surface area contributed by atoms with Crippen LogP contribution in [0.3, 0.4) is 0 Å². The molecule has 164 valence electrons. The van der Waals surface area contributed by atoms with E-state index in [9.17, 15) is 4.39 Å². The second-order valence-electron chi connectivity index (χ2n) is 7.23. The highest BCUT2D eigenvalue weighted by molar-refractivity contribution is 5.79. The Balaban J connectivity index is 1.79. The van der Waals surface area contributed by atoms with Gasteiger partial charge in [-0.3, -0.25) is 0 Å². The standard InChI is InChI=1S/C21H27FN8O/c1-29(2)8-9-30(3)18-12-19(31-4)17(11-16(18)23)27-21-25-13-24-20(28-21)26-15-7-5-6-14(22)10-15/h5-7,10-13H,8-9,23H2,1-4H3,(H2,24,25,26,27,28). The van der Waals surface area contributed by atoms with Crippen molar-refractivity contribution in [2.75, 3.05) is 62.6 Å². The number of halogens is 1. The van der Waals surface area contributed by atoms with Crippen molar-refractivity contribution in [3.63, 3.8) is 0 Å². The molecular formula is C21H27FN8O. The van der Waals surface area contributed by atoms with Crippen molar-refractivity contribution in [2.24, 2.45) is 0 Å². The zero-order valence-electron chi connectivity index (χ0n) is 18.1. The van der Waals surface area contributed by atoms with Gasteiger partial charge in [-0.25, -0.2) is 14.4 Å². The number of likely N-dealkylation sites (N-methyl/N-ethyl adjacent to an activating group) is 2. The monoisotopic (exact) mass is 426 g/mol. The molecule has 10 heteroatoms. The molecule has 3 rings (SSSR count). The summed E-state index contributed by atoms with van der Waals surface area (Å²) in [6.07, 6.45) is 1.36. The van der Waals surface area contributed by atoms with Crippen LogP contribution in [0.2, 0.25) is 0 Å². The van der Waals surface area contributed by atoms with E-state index in [1.807, 2.05) is 27.2 Å². The quantitative estimate of drug-likeness (QED) is 0.445. The summed E-state index contributed by atoms with van der Waals surface area (Å²) in [4.78, 5) is 16.7. The van der Waals surface area contributed by atoms with Crippen LogP contribution in [-0.4, -0.2) is 61.2 Å². The van der Waals surface area contributed by atoms with Crippen LogP contribution in [0.1, 0.15) is 0 Å². The number of nitrogens with two attached hydrogens (primary N) is 1. The Bertz CT molecular complexity index is 1030. The van der Waals surface area contributed by atoms with Gasteiger partial charge in [0.2, 0.25) is 11.9 Å². The first-order valence-corrected chi connectivity index (χ1v) is 9.67. The third-order valence-corrected chi connectivity index (χ3v) is 4.54. The summed E-state index contributed by atoms with van der Waals surface area (Å²) in [6.45, 7) is 1.71. The minimum Gasteiger partial charge on any atom is -0.494 e. The lowest BCUT2D eigenvalue weighted by atomic mass is 10.2. The smallest absolute Gasteiger partial charge is 0.232 e. The number of hydrogen-bond acceptors (Lipinski definition) is 9. The fourth-order valence-corrected chi connectivity index (χ4v) is 2.89. The highest BCUT2D eigenvalue weighted by atomic mass is 19.1. The van der Waals surface area contributed by atoms with Crippen molar-refractivity contribution in [3.05, 3.63) is 48.5 Å². The Labute approximate surface area is 181 Å². The van der Waals surface area contributed by atoms with Gasteiger partial charge in [-0.05, 0) is 38.4 Å². The third kappa shape index (κ3) is 5.92. The molecule has 0 fully saturated rings. The minimum absolute atomic E-state index is 0.273. The van der Waals surface area contributed by atoms with Gasteiger partial charge in [0, 0.05) is 31.9 Å². The van der Waals surface area contributed by atoms with Gasteiger partial charge < -0.3 is 30.9 Å². The number of hydrogen-bond donors (Lipinski definition) is 3. The molecule has 0 saturated heterocycles. The molecule has 1 aromatic heterocycles. The Morgan fingerprint density at radius 3 is 2.45 bits per heavy atom. The molecule has 0 bridgehead atoms. The number of nitrogens with zero attached hydrogens (tertiary/aromatic N) is 5. The molecule has 0 aliphatic heterocycles. The Kier molecular flexibility index (Phi) is 7.03. The van der Waals surface area contributed by atoms with Crippen LogP contribution in [0.4, 0.5) is 39.0 Å². The molecule has 31 heavy (non-hydrogen) atoms. The second-order valence-corrected chi connectivity index (χ2v) is 7.23. The van der Waals surface area contributed by atoms with Gasteiger partial charge in [0.15, 0.2) is 0 Å². The number of benzene rings is 2. The first-order chi connectivity index (χ1) is 14.9. The molecule has 0 aliphatic rings. The lowest BCUT2D eigenvalue weighted by Gasteiger charge is -2.24. The largest absolute Gasteiger partial charge is 0.494 e. The molecule has 3 aromatic rings. The van der Waals surface area contributed by atoms with Crippen LogP contribution >= 0.6 is 0 Å². The first kappa shape index (κ1) is 22.0. The van der Waals surface area contributed by atoms with Crippen molar-refractivity contribution in [2.45, 2.75) is 0 Å². The number of ether oxygens (including phenoxy) is 1. The summed E-state index contributed by atoms with van der Waals surface area (Å²) >= 11 is 0. The average molecular weight is 427 g/mol. The lowest BCUT2D eigenvalue weighted by molar-refractivity contribution is 0.413. The molecule has 9 nitrogen and oxygen atoms in total. The number of rotatable bonds is 9. The summed E-state index contributed by atoms with van der Waals surface area (Å²) in [5.74, 6) is 0.810. The molecule has 4 N–H and O–H groups in total. The molecule has 0 aliphatic carbocycles. The molecular weight excluding hydrogens is 399 g/mol. The maximum atomic E-state index is 13.4. The topological polar surface area (TPSA) is 104 Å². The highest BCUT2D eigenvalue weighted by Crippen LogP contribution is 2.36. The molecule has 0 saturated carbocycles. The summed E-state index contributed by atoms with van der Waals surface area (Å²) in [5.41, 5.74) is 8.91. The van der Waals surface area contributed by atoms with E-state index in [1.165, 1.54) is 18.5 Å². The van der Waals surface area contributed by atoms with Crippen molar-refractivity contribution in [1.29, 1.82) is 0 Å². The number of nitrogen functional groups attached to an aromatic ring is 1. The molecule has 0 amide bonds. The Morgan fingerprint density at radius 1 is 1.03 bits per heavy atom. The maximum absolute atomic E-state index is 13.4. The predicted octanol–water partition coefficient (Wildman–Crippen LogP) is 3.09. The van der Waals surface area contributed by atoms with Crippen LogP contribution in [0, 0.1) is 5.82 Å². The Hall–Kier alpha value is -3.66. The van der Waals surface area contributed by atoms with Gasteiger partial charge in [0.25, 0.3) is 0 Å². The summed E-state index contributed by atoms with van der Waals surface area (Å²) in [5, 5.41) is 6.06. The molecule has 0 atom stereocenters. The van der Waals surface area contributed by atoms with E-state index < -0.39 is 0 Å². The van der Waals surface area contributed by atoms with Crippen LogP contribution in [0.15, 0.2) is 42.7 Å². The van der Waals surface area contributed by atoms with Crippen LogP contribution in [0.25, 0.3) is 0 Å². The summed E-state index contributed by atoms with van der Waals surface area (Å²) in [6, 6.07) is 9.69. The average Bonchev–Trinajstić information content (AvgIpc) is 2.72. The van der Waals surface area contributed by atoms with Crippen molar-refractivity contribution >= 4 is 34.6 Å². The summed E-state index contributed by atoms with van der Waals surface area (Å²) in [7, 11) is 7.62. The molecule has 0 unspecified atom stereocenters. The van der Waals surface area contributed by atoms with E-state index in [4.69, 9.17) is 10.5 Å². The van der Waals surface area contributed by atoms with Crippen molar-refractivity contribution in [3.8, 4) is 5.75 Å². The van der Waals surface area contributed by atoms with Crippen molar-refractivity contribution in [1.82, 2.24) is 19.9 Å². The van der Waals surface area contributed by atoms with E-state index in [0.717, 1.165) is 18.8 Å². The van der Waals surface area contributed by atoms with Crippen LogP contribution in [0.5, 0.6) is 5.75 Å². The normalized spacial score (nSPS) is 10.8. The van der Waals surface area contributed by atoms with E-state index in [1.54, 1.807) is 25.3 Å². The van der Waals surface area contributed by atoms with Crippen molar-refractivity contribution < 1.29 is 9.13 Å². The van der Waals surface area contributed by atoms with E-state index >= 15 is 0 Å². The molecule has 0 spiro atoms. The zero-order valence-corrected chi connectivity index (χ0v) is 18.1. The first-order valence-electron chi connectivity index (χ1n) is 9.67. The maximum Gasteiger partial charge on any atom is 0.232 e. The van der Waals surface area contributed by atoms with Crippen LogP contribution < -0.4 is 26.0 Å². The van der Waals surface area contributed by atoms with Gasteiger partial charge >= 0.3 is 0 Å². The second kappa shape index (κ2) is 9.90. The van der Waals surface area contributed by atoms with E-state index in [0.29, 0.717) is 28.8 Å². The summed E-state index contributed by atoms with van der Waals surface area (Å²) < 4.78 is 18.9. The predicted molar refractivity (Wildman–Crippen MR) is 122 cm³/mol. The van der Waals surface area contributed by atoms with Gasteiger partial charge in [0.05, 0.1) is 24.2 Å². The third-order valence-electron chi connectivity index (χ3n) is 4.54.